The summed E-state index contributed by atoms with van der Waals surface area (Å²) in [5.74, 6) is 2.87. The topological polar surface area (TPSA) is 42.2 Å². The van der Waals surface area contributed by atoms with Crippen molar-refractivity contribution in [3.05, 3.63) is 23.4 Å². The Labute approximate surface area is 117 Å². The van der Waals surface area contributed by atoms with Crippen molar-refractivity contribution in [1.82, 2.24) is 15.1 Å². The highest BCUT2D eigenvalue weighted by Crippen LogP contribution is 2.25. The van der Waals surface area contributed by atoms with E-state index < -0.39 is 0 Å². The first-order valence-corrected chi connectivity index (χ1v) is 7.67. The Balaban J connectivity index is 1.67. The van der Waals surface area contributed by atoms with E-state index in [2.05, 4.69) is 28.9 Å². The van der Waals surface area contributed by atoms with Crippen molar-refractivity contribution in [2.75, 3.05) is 13.1 Å². The van der Waals surface area contributed by atoms with Gasteiger partial charge in [-0.05, 0) is 29.7 Å². The van der Waals surface area contributed by atoms with Crippen molar-refractivity contribution >= 4 is 11.3 Å². The number of hydrogen-bond acceptors (Lipinski definition) is 5. The molecule has 0 amide bonds. The maximum Gasteiger partial charge on any atom is 0.257 e. The fourth-order valence-electron chi connectivity index (χ4n) is 2.93. The molecule has 0 unspecified atom stereocenters. The summed E-state index contributed by atoms with van der Waals surface area (Å²) >= 11 is 1.63. The van der Waals surface area contributed by atoms with Crippen LogP contribution in [0.1, 0.15) is 26.2 Å². The minimum atomic E-state index is 0.642. The van der Waals surface area contributed by atoms with Gasteiger partial charge in [0.1, 0.15) is 0 Å². The van der Waals surface area contributed by atoms with Gasteiger partial charge in [0, 0.05) is 13.1 Å². The molecule has 0 radical (unpaired) electrons. The summed E-state index contributed by atoms with van der Waals surface area (Å²) in [6.07, 6.45) is 1.32. The predicted molar refractivity (Wildman–Crippen MR) is 75.8 cm³/mol. The van der Waals surface area contributed by atoms with Gasteiger partial charge in [0.2, 0.25) is 5.89 Å². The molecule has 1 fully saturated rings. The molecular formula is C14H19N3OS. The van der Waals surface area contributed by atoms with Crippen LogP contribution in [0.3, 0.4) is 0 Å². The highest BCUT2D eigenvalue weighted by atomic mass is 32.1. The van der Waals surface area contributed by atoms with Gasteiger partial charge in [-0.25, -0.2) is 0 Å². The number of hydrogen-bond donors (Lipinski definition) is 0. The lowest BCUT2D eigenvalue weighted by Gasteiger charge is -2.33. The molecule has 5 heteroatoms. The number of piperidine rings is 1. The fraction of sp³-hybridized carbons (Fsp3) is 0.571. The molecule has 0 N–H and O–H groups in total. The zero-order valence-corrected chi connectivity index (χ0v) is 12.2. The summed E-state index contributed by atoms with van der Waals surface area (Å²) in [6.45, 7) is 7.65. The van der Waals surface area contributed by atoms with E-state index in [4.69, 9.17) is 4.42 Å². The van der Waals surface area contributed by atoms with Crippen LogP contribution in [0.4, 0.5) is 0 Å². The third-order valence-electron chi connectivity index (χ3n) is 3.50. The van der Waals surface area contributed by atoms with Crippen LogP contribution < -0.4 is 0 Å². The molecule has 2 aromatic rings. The molecule has 19 heavy (non-hydrogen) atoms. The maximum absolute atomic E-state index is 5.75. The molecule has 0 spiro atoms. The zero-order valence-electron chi connectivity index (χ0n) is 11.4. The molecule has 2 atom stereocenters. The second-order valence-corrected chi connectivity index (χ2v) is 6.57. The smallest absolute Gasteiger partial charge is 0.257 e. The van der Waals surface area contributed by atoms with Crippen LogP contribution in [0.25, 0.3) is 10.8 Å². The Morgan fingerprint density at radius 1 is 1.32 bits per heavy atom. The molecule has 2 aromatic heterocycles. The maximum atomic E-state index is 5.75. The predicted octanol–water partition coefficient (Wildman–Crippen LogP) is 3.28. The van der Waals surface area contributed by atoms with Crippen molar-refractivity contribution in [1.29, 1.82) is 0 Å². The molecule has 3 rings (SSSR count). The lowest BCUT2D eigenvalue weighted by molar-refractivity contribution is 0.124. The number of likely N-dealkylation sites (tertiary alicyclic amines) is 1. The van der Waals surface area contributed by atoms with Crippen molar-refractivity contribution in [3.63, 3.8) is 0 Å². The lowest BCUT2D eigenvalue weighted by Crippen LogP contribution is -2.38. The summed E-state index contributed by atoms with van der Waals surface area (Å²) in [7, 11) is 0. The van der Waals surface area contributed by atoms with Crippen LogP contribution in [-0.2, 0) is 6.54 Å². The number of nitrogens with zero attached hydrogens (tertiary/aromatic N) is 3. The fourth-order valence-corrected chi connectivity index (χ4v) is 3.57. The number of thiophene rings is 1. The first-order chi connectivity index (χ1) is 9.20. The van der Waals surface area contributed by atoms with Gasteiger partial charge in [-0.2, -0.15) is 0 Å². The second-order valence-electron chi connectivity index (χ2n) is 5.62. The van der Waals surface area contributed by atoms with Gasteiger partial charge in [0.15, 0.2) is 0 Å². The van der Waals surface area contributed by atoms with Crippen LogP contribution in [0.15, 0.2) is 21.9 Å². The minimum absolute atomic E-state index is 0.642. The average Bonchev–Trinajstić information content (AvgIpc) is 2.96. The first kappa shape index (κ1) is 12.8. The Kier molecular flexibility index (Phi) is 3.66. The summed E-state index contributed by atoms with van der Waals surface area (Å²) < 4.78 is 5.75. The van der Waals surface area contributed by atoms with Gasteiger partial charge in [0.05, 0.1) is 11.4 Å². The van der Waals surface area contributed by atoms with E-state index >= 15 is 0 Å². The van der Waals surface area contributed by atoms with E-state index in [1.54, 1.807) is 11.3 Å². The Hall–Kier alpha value is -1.20. The lowest BCUT2D eigenvalue weighted by atomic mass is 9.92. The standard InChI is InChI=1S/C14H19N3OS/c1-10-6-11(2)8-17(7-10)9-13-15-16-14(18-13)12-4-3-5-19-12/h3-5,10-11H,6-9H2,1-2H3/t10-,11-/m0/s1. The zero-order chi connectivity index (χ0) is 13.2. The molecule has 4 nitrogen and oxygen atoms in total. The third-order valence-corrected chi connectivity index (χ3v) is 4.36. The highest BCUT2D eigenvalue weighted by molar-refractivity contribution is 7.13. The Bertz CT molecular complexity index is 513. The van der Waals surface area contributed by atoms with E-state index in [9.17, 15) is 0 Å². The van der Waals surface area contributed by atoms with Crippen molar-refractivity contribution in [2.24, 2.45) is 11.8 Å². The van der Waals surface area contributed by atoms with Gasteiger partial charge in [-0.15, -0.1) is 21.5 Å². The second kappa shape index (κ2) is 5.43. The van der Waals surface area contributed by atoms with Crippen molar-refractivity contribution in [3.8, 4) is 10.8 Å². The van der Waals surface area contributed by atoms with Gasteiger partial charge >= 0.3 is 0 Å². The molecule has 0 aliphatic carbocycles. The number of rotatable bonds is 3. The number of aromatic nitrogens is 2. The van der Waals surface area contributed by atoms with E-state index in [0.717, 1.165) is 42.2 Å². The van der Waals surface area contributed by atoms with Crippen molar-refractivity contribution < 1.29 is 4.42 Å². The Morgan fingerprint density at radius 2 is 2.11 bits per heavy atom. The largest absolute Gasteiger partial charge is 0.419 e. The van der Waals surface area contributed by atoms with Crippen LogP contribution in [-0.4, -0.2) is 28.2 Å². The highest BCUT2D eigenvalue weighted by Gasteiger charge is 2.23. The van der Waals surface area contributed by atoms with Gasteiger partial charge in [0.25, 0.3) is 5.89 Å². The van der Waals surface area contributed by atoms with E-state index in [1.807, 2.05) is 17.5 Å². The monoisotopic (exact) mass is 277 g/mol. The van der Waals surface area contributed by atoms with Crippen LogP contribution >= 0.6 is 11.3 Å². The summed E-state index contributed by atoms with van der Waals surface area (Å²) in [5.41, 5.74) is 0. The van der Waals surface area contributed by atoms with Gasteiger partial charge in [-0.3, -0.25) is 4.90 Å². The average molecular weight is 277 g/mol. The third kappa shape index (κ3) is 3.04. The Morgan fingerprint density at radius 3 is 2.79 bits per heavy atom. The molecule has 0 bridgehead atoms. The molecule has 102 valence electrons. The molecule has 1 aliphatic heterocycles. The first-order valence-electron chi connectivity index (χ1n) is 6.79. The molecule has 1 aliphatic rings. The van der Waals surface area contributed by atoms with E-state index in [0.29, 0.717) is 5.89 Å². The summed E-state index contributed by atoms with van der Waals surface area (Å²) in [4.78, 5) is 3.46. The SMILES string of the molecule is C[C@H]1C[C@H](C)CN(Cc2nnc(-c3cccs3)o2)C1. The molecule has 0 saturated carbocycles. The molecular weight excluding hydrogens is 258 g/mol. The normalized spacial score (nSPS) is 24.7. The van der Waals surface area contributed by atoms with Crippen LogP contribution in [0.5, 0.6) is 0 Å². The van der Waals surface area contributed by atoms with Crippen LogP contribution in [0, 0.1) is 11.8 Å². The van der Waals surface area contributed by atoms with E-state index in [-0.39, 0.29) is 0 Å². The van der Waals surface area contributed by atoms with Crippen molar-refractivity contribution in [2.45, 2.75) is 26.8 Å². The summed E-state index contributed by atoms with van der Waals surface area (Å²) in [5, 5.41) is 10.3. The molecule has 0 aromatic carbocycles. The quantitative estimate of drug-likeness (QED) is 0.863. The minimum Gasteiger partial charge on any atom is -0.419 e. The molecule has 3 heterocycles. The van der Waals surface area contributed by atoms with E-state index in [1.165, 1.54) is 6.42 Å². The molecule has 1 saturated heterocycles. The van der Waals surface area contributed by atoms with Gasteiger partial charge in [-0.1, -0.05) is 19.9 Å². The van der Waals surface area contributed by atoms with Gasteiger partial charge < -0.3 is 4.42 Å². The summed E-state index contributed by atoms with van der Waals surface area (Å²) in [6, 6.07) is 4.00. The van der Waals surface area contributed by atoms with Crippen LogP contribution in [0.2, 0.25) is 0 Å².